The number of aliphatic hydroxyl groups excluding tert-OH is 1. The van der Waals surface area contributed by atoms with Crippen LogP contribution in [0.2, 0.25) is 0 Å². The van der Waals surface area contributed by atoms with Gasteiger partial charge in [0.15, 0.2) is 11.4 Å². The number of ether oxygens (including phenoxy) is 3. The summed E-state index contributed by atoms with van der Waals surface area (Å²) in [4.78, 5) is 57.4. The van der Waals surface area contributed by atoms with Gasteiger partial charge in [-0.15, -0.1) is 0 Å². The molecule has 3 aromatic carbocycles. The first-order valence-electron chi connectivity index (χ1n) is 25.0. The fourth-order valence-electron chi connectivity index (χ4n) is 11.1. The van der Waals surface area contributed by atoms with Crippen molar-refractivity contribution in [3.8, 4) is 17.2 Å². The summed E-state index contributed by atoms with van der Waals surface area (Å²) in [6, 6.07) is 10.4. The molecule has 0 radical (unpaired) electrons. The molecular formula is C55H71N5O9. The molecule has 9 rings (SSSR count). The number of phenols is 2. The molecule has 5 bridgehead atoms. The number of rotatable bonds is 4. The number of hydrogen-bond acceptors (Lipinski definition) is 12. The Bertz CT molecular complexity index is 2680. The average Bonchev–Trinajstić information content (AvgIpc) is 3.83. The van der Waals surface area contributed by atoms with Crippen molar-refractivity contribution in [1.29, 1.82) is 0 Å². The molecule has 6 heterocycles. The van der Waals surface area contributed by atoms with Gasteiger partial charge < -0.3 is 44.6 Å². The highest BCUT2D eigenvalue weighted by molar-refractivity contribution is 6.19. The predicted molar refractivity (Wildman–Crippen MR) is 265 cm³/mol. The molecule has 2 amide bonds. The van der Waals surface area contributed by atoms with Crippen molar-refractivity contribution < 1.29 is 43.9 Å². The van der Waals surface area contributed by atoms with E-state index in [-0.39, 0.29) is 67.6 Å². The highest BCUT2D eigenvalue weighted by Gasteiger charge is 2.50. The second-order valence-corrected chi connectivity index (χ2v) is 21.1. The molecule has 7 atom stereocenters. The van der Waals surface area contributed by atoms with Crippen LogP contribution in [0.15, 0.2) is 76.5 Å². The van der Waals surface area contributed by atoms with E-state index >= 15 is 0 Å². The molecule has 1 spiro atoms. The van der Waals surface area contributed by atoms with E-state index in [1.807, 2.05) is 51.1 Å². The number of anilines is 1. The quantitative estimate of drug-likeness (QED) is 0.185. The fraction of sp³-hybridized carbons (Fsp3) is 0.545. The number of piperidine rings is 2. The van der Waals surface area contributed by atoms with Crippen molar-refractivity contribution in [3.05, 3.63) is 93.9 Å². The lowest BCUT2D eigenvalue weighted by molar-refractivity contribution is -0.112. The zero-order valence-corrected chi connectivity index (χ0v) is 41.8. The Morgan fingerprint density at radius 2 is 1.62 bits per heavy atom. The third kappa shape index (κ3) is 9.88. The highest BCUT2D eigenvalue weighted by Crippen LogP contribution is 2.50. The maximum atomic E-state index is 14.8. The van der Waals surface area contributed by atoms with Gasteiger partial charge in [-0.05, 0) is 80.8 Å². The van der Waals surface area contributed by atoms with E-state index in [1.54, 1.807) is 30.9 Å². The first kappa shape index (κ1) is 49.7. The number of hydrogen-bond donors (Lipinski definition) is 4. The van der Waals surface area contributed by atoms with E-state index in [9.17, 15) is 29.7 Å². The summed E-state index contributed by atoms with van der Waals surface area (Å²) in [6.45, 7) is 20.6. The number of aliphatic hydroxyl groups is 1. The average molecular weight is 946 g/mol. The third-order valence-electron chi connectivity index (χ3n) is 15.2. The van der Waals surface area contributed by atoms with Gasteiger partial charge in [0.25, 0.3) is 11.7 Å². The lowest BCUT2D eigenvalue weighted by atomic mass is 9.80. The topological polar surface area (TPSA) is 183 Å². The molecular weight excluding hydrogens is 875 g/mol. The molecule has 69 heavy (non-hydrogen) atoms. The van der Waals surface area contributed by atoms with Gasteiger partial charge in [-0.1, -0.05) is 90.1 Å². The number of carbonyl (C=O) groups excluding carboxylic acids is 3. The number of ketones is 1. The minimum absolute atomic E-state index is 0.00193. The number of Topliss-reactive ketones (excluding diaryl/α,β-unsaturated/α-hetero) is 1. The van der Waals surface area contributed by atoms with Crippen molar-refractivity contribution in [1.82, 2.24) is 9.80 Å². The molecule has 2 fully saturated rings. The van der Waals surface area contributed by atoms with E-state index in [2.05, 4.69) is 43.1 Å². The third-order valence-corrected chi connectivity index (χ3v) is 15.2. The number of carbonyl (C=O) groups is 3. The van der Waals surface area contributed by atoms with E-state index in [0.717, 1.165) is 32.5 Å². The van der Waals surface area contributed by atoms with Crippen molar-refractivity contribution in [2.45, 2.75) is 130 Å². The number of nitrogens with zero attached hydrogens (tertiary/aromatic N) is 4. The van der Waals surface area contributed by atoms with Crippen LogP contribution >= 0.6 is 0 Å². The van der Waals surface area contributed by atoms with Gasteiger partial charge in [-0.2, -0.15) is 0 Å². The Morgan fingerprint density at radius 1 is 0.942 bits per heavy atom. The number of benzene rings is 3. The monoisotopic (exact) mass is 946 g/mol. The summed E-state index contributed by atoms with van der Waals surface area (Å²) >= 11 is 0. The zero-order valence-electron chi connectivity index (χ0n) is 41.8. The lowest BCUT2D eigenvalue weighted by Gasteiger charge is -2.37. The summed E-state index contributed by atoms with van der Waals surface area (Å²) in [6.07, 6.45) is 10.5. The number of allylic oxidation sites excluding steroid dienone is 4. The van der Waals surface area contributed by atoms with Gasteiger partial charge in [0.2, 0.25) is 0 Å². The van der Waals surface area contributed by atoms with Gasteiger partial charge in [0, 0.05) is 74.9 Å². The number of phenolic OH excluding ortho intramolecular Hbond substituents is 2. The molecule has 2 saturated heterocycles. The standard InChI is InChI=1S/C55H71N5O9/c1-31(2)30-59-26-22-55(23-27-59)57-43-40-41-47(62)37(8)50-42(40)51(64)54(9,69-50)67-28-14-17-33(4)49(68-53(66)60-24-20-39(21-25-60)38-18-11-10-12-19-38)36(7)46(61)35(6)29-32(3)15-13-16-34(5)52(65)56-45(48(41)63)44(43)58-55/h10-16,18-19,28,31-33,35-36,39,46,49,61-63H,17,20-27,29-30H2,1-9H3,(H,56,65)/b15-13+,28-14+,34-16-/t32-,33+,35+,36+,46?,49?,54-/m0/s1. The smallest absolute Gasteiger partial charge is 0.410 e. The molecule has 6 aliphatic rings. The van der Waals surface area contributed by atoms with Crippen molar-refractivity contribution in [3.63, 3.8) is 0 Å². The van der Waals surface area contributed by atoms with Crippen LogP contribution in [-0.2, 0) is 14.3 Å². The summed E-state index contributed by atoms with van der Waals surface area (Å²) < 4.78 is 19.0. The zero-order chi connectivity index (χ0) is 49.5. The van der Waals surface area contributed by atoms with Crippen molar-refractivity contribution in [2.75, 3.05) is 38.0 Å². The second kappa shape index (κ2) is 19.9. The molecule has 0 aromatic heterocycles. The predicted octanol–water partition coefficient (Wildman–Crippen LogP) is 8.61. The maximum Gasteiger partial charge on any atom is 0.410 e. The van der Waals surface area contributed by atoms with Crippen LogP contribution in [-0.4, -0.2) is 99.3 Å². The molecule has 4 N–H and O–H groups in total. The van der Waals surface area contributed by atoms with Gasteiger partial charge in [-0.3, -0.25) is 19.6 Å². The van der Waals surface area contributed by atoms with Crippen LogP contribution in [0, 0.1) is 36.5 Å². The van der Waals surface area contributed by atoms with Crippen LogP contribution in [0.5, 0.6) is 17.2 Å². The maximum absolute atomic E-state index is 14.8. The Labute approximate surface area is 405 Å². The van der Waals surface area contributed by atoms with Crippen molar-refractivity contribution >= 4 is 34.2 Å². The minimum atomic E-state index is -1.88. The van der Waals surface area contributed by atoms with Gasteiger partial charge in [-0.25, -0.2) is 4.79 Å². The summed E-state index contributed by atoms with van der Waals surface area (Å²) in [5, 5.41) is 39.5. The molecule has 3 aromatic rings. The summed E-state index contributed by atoms with van der Waals surface area (Å²) in [5.74, 6) is -3.66. The fourth-order valence-corrected chi connectivity index (χ4v) is 11.1. The van der Waals surface area contributed by atoms with Crippen LogP contribution in [0.1, 0.15) is 121 Å². The van der Waals surface area contributed by atoms with Gasteiger partial charge in [0.1, 0.15) is 28.6 Å². The Hall–Kier alpha value is -5.73. The molecule has 14 nitrogen and oxygen atoms in total. The largest absolute Gasteiger partial charge is 0.507 e. The summed E-state index contributed by atoms with van der Waals surface area (Å²) in [5.41, 5.74) is 0.973. The minimum Gasteiger partial charge on any atom is -0.507 e. The van der Waals surface area contributed by atoms with E-state index in [1.165, 1.54) is 18.7 Å². The molecule has 0 aliphatic carbocycles. The molecule has 370 valence electrons. The lowest BCUT2D eigenvalue weighted by Crippen LogP contribution is -2.45. The van der Waals surface area contributed by atoms with E-state index < -0.39 is 53.1 Å². The summed E-state index contributed by atoms with van der Waals surface area (Å²) in [7, 11) is 0. The number of fused-ring (bicyclic) bond motifs is 13. The number of amides is 2. The first-order chi connectivity index (χ1) is 32.8. The van der Waals surface area contributed by atoms with Crippen molar-refractivity contribution in [2.24, 2.45) is 39.6 Å². The highest BCUT2D eigenvalue weighted by atomic mass is 16.7. The molecule has 6 aliphatic heterocycles. The Balaban J connectivity index is 1.15. The van der Waals surface area contributed by atoms with Crippen LogP contribution in [0.3, 0.4) is 0 Å². The number of aromatic hydroxyl groups is 2. The Kier molecular flexibility index (Phi) is 14.4. The van der Waals surface area contributed by atoms with Crippen LogP contribution in [0.4, 0.5) is 10.5 Å². The number of likely N-dealkylation sites (tertiary alicyclic amines) is 2. The van der Waals surface area contributed by atoms with Gasteiger partial charge in [0.05, 0.1) is 28.7 Å². The van der Waals surface area contributed by atoms with E-state index in [0.29, 0.717) is 56.2 Å². The second-order valence-electron chi connectivity index (χ2n) is 21.1. The SMILES string of the molecule is C/C1=C/C=C/[C@H](C)C[C@@H](C)C(O)[C@@H](C)C(OC(=O)N2CCC(c3ccccc3)CC2)[C@H](C)C/C=C/O[C@@]2(C)Oc3c(C)c(O)c4c(O)c(c5c(c4c3C2=O)=NC2(CCN(CC(C)C)CC2)N=5)NC1=O. The number of nitrogens with one attached hydrogen (secondary N) is 1. The first-order valence-corrected chi connectivity index (χ1v) is 25.0. The molecule has 2 unspecified atom stereocenters. The van der Waals surface area contributed by atoms with Gasteiger partial charge >= 0.3 is 11.9 Å². The molecule has 0 saturated carbocycles. The van der Waals surface area contributed by atoms with Crippen LogP contribution in [0.25, 0.3) is 10.8 Å². The normalized spacial score (nSPS) is 29.7. The molecule has 14 heteroatoms. The Morgan fingerprint density at radius 3 is 2.30 bits per heavy atom. The van der Waals surface area contributed by atoms with E-state index in [4.69, 9.17) is 24.2 Å². The van der Waals surface area contributed by atoms with Crippen LogP contribution < -0.4 is 20.8 Å².